The standard InChI is InChI=1S/C27H28N2O5/c1-5-32-24-15-21(13-14-23(24)34-27(31)22-9-7-6-8-10-22)16-28-29-25(30)17-33-26-19(3)12-11-18(2)20(26)4/h6-16H,5,17H2,1-4H3,(H,29,30). The average molecular weight is 461 g/mol. The Bertz CT molecular complexity index is 1190. The minimum absolute atomic E-state index is 0.152. The number of hydrogen-bond acceptors (Lipinski definition) is 6. The molecule has 0 saturated heterocycles. The minimum atomic E-state index is -0.477. The van der Waals surface area contributed by atoms with Crippen molar-refractivity contribution < 1.29 is 23.8 Å². The molecule has 7 heteroatoms. The predicted molar refractivity (Wildman–Crippen MR) is 131 cm³/mol. The van der Waals surface area contributed by atoms with Gasteiger partial charge in [-0.2, -0.15) is 5.10 Å². The first-order chi connectivity index (χ1) is 16.4. The molecular weight excluding hydrogens is 432 g/mol. The lowest BCUT2D eigenvalue weighted by molar-refractivity contribution is -0.123. The van der Waals surface area contributed by atoms with Gasteiger partial charge in [-0.05, 0) is 80.3 Å². The summed E-state index contributed by atoms with van der Waals surface area (Å²) in [5.74, 6) is 0.551. The lowest BCUT2D eigenvalue weighted by atomic mass is 10.1. The molecular formula is C27H28N2O5. The summed E-state index contributed by atoms with van der Waals surface area (Å²) in [6.07, 6.45) is 1.48. The number of rotatable bonds is 9. The molecule has 0 saturated carbocycles. The second kappa shape index (κ2) is 11.7. The number of aryl methyl sites for hydroxylation is 2. The van der Waals surface area contributed by atoms with Gasteiger partial charge in [0.05, 0.1) is 18.4 Å². The molecule has 176 valence electrons. The normalized spacial score (nSPS) is 10.7. The molecule has 0 fully saturated rings. The third-order valence-corrected chi connectivity index (χ3v) is 5.10. The van der Waals surface area contributed by atoms with Crippen molar-refractivity contribution in [2.75, 3.05) is 13.2 Å². The smallest absolute Gasteiger partial charge is 0.343 e. The van der Waals surface area contributed by atoms with E-state index < -0.39 is 5.97 Å². The summed E-state index contributed by atoms with van der Waals surface area (Å²) in [6.45, 7) is 7.97. The van der Waals surface area contributed by atoms with Gasteiger partial charge in [0.1, 0.15) is 5.75 Å². The third-order valence-electron chi connectivity index (χ3n) is 5.10. The van der Waals surface area contributed by atoms with Crippen LogP contribution in [-0.2, 0) is 4.79 Å². The molecule has 0 aliphatic rings. The molecule has 0 aliphatic heterocycles. The highest BCUT2D eigenvalue weighted by Crippen LogP contribution is 2.29. The van der Waals surface area contributed by atoms with Gasteiger partial charge in [-0.1, -0.05) is 30.3 Å². The van der Waals surface area contributed by atoms with E-state index in [-0.39, 0.29) is 12.5 Å². The van der Waals surface area contributed by atoms with E-state index in [1.54, 1.807) is 42.5 Å². The highest BCUT2D eigenvalue weighted by atomic mass is 16.6. The molecule has 0 unspecified atom stereocenters. The summed E-state index contributed by atoms with van der Waals surface area (Å²) in [5.41, 5.74) is 6.63. The molecule has 0 aromatic heterocycles. The molecule has 0 heterocycles. The largest absolute Gasteiger partial charge is 0.490 e. The van der Waals surface area contributed by atoms with Crippen LogP contribution in [0.25, 0.3) is 0 Å². The second-order valence-corrected chi connectivity index (χ2v) is 7.63. The van der Waals surface area contributed by atoms with Crippen molar-refractivity contribution in [2.45, 2.75) is 27.7 Å². The average Bonchev–Trinajstić information content (AvgIpc) is 2.83. The number of hydrazone groups is 1. The van der Waals surface area contributed by atoms with Crippen LogP contribution in [-0.4, -0.2) is 31.3 Å². The second-order valence-electron chi connectivity index (χ2n) is 7.63. The first-order valence-electron chi connectivity index (χ1n) is 10.9. The number of ether oxygens (including phenoxy) is 3. The van der Waals surface area contributed by atoms with E-state index in [9.17, 15) is 9.59 Å². The zero-order valence-corrected chi connectivity index (χ0v) is 19.8. The number of amides is 1. The molecule has 0 radical (unpaired) electrons. The summed E-state index contributed by atoms with van der Waals surface area (Å²) < 4.78 is 16.8. The Labute approximate surface area is 199 Å². The van der Waals surface area contributed by atoms with Crippen molar-refractivity contribution in [1.29, 1.82) is 0 Å². The number of carbonyl (C=O) groups is 2. The molecule has 1 amide bonds. The number of nitrogens with zero attached hydrogens (tertiary/aromatic N) is 1. The number of hydrogen-bond donors (Lipinski definition) is 1. The van der Waals surface area contributed by atoms with Gasteiger partial charge in [-0.25, -0.2) is 10.2 Å². The predicted octanol–water partition coefficient (Wildman–Crippen LogP) is 4.76. The quantitative estimate of drug-likeness (QED) is 0.215. The van der Waals surface area contributed by atoms with Crippen LogP contribution in [0, 0.1) is 20.8 Å². The summed E-state index contributed by atoms with van der Waals surface area (Å²) >= 11 is 0. The Morgan fingerprint density at radius 1 is 0.912 bits per heavy atom. The van der Waals surface area contributed by atoms with Crippen molar-refractivity contribution in [3.63, 3.8) is 0 Å². The van der Waals surface area contributed by atoms with Crippen LogP contribution in [0.5, 0.6) is 17.2 Å². The van der Waals surface area contributed by atoms with E-state index in [0.29, 0.717) is 35.0 Å². The van der Waals surface area contributed by atoms with Crippen LogP contribution in [0.1, 0.15) is 39.5 Å². The summed E-state index contributed by atoms with van der Waals surface area (Å²) in [6, 6.07) is 17.7. The number of carbonyl (C=O) groups excluding carboxylic acids is 2. The van der Waals surface area contributed by atoms with Gasteiger partial charge in [0.2, 0.25) is 0 Å². The molecule has 1 N–H and O–H groups in total. The lowest BCUT2D eigenvalue weighted by Crippen LogP contribution is -2.25. The zero-order valence-electron chi connectivity index (χ0n) is 19.8. The van der Waals surface area contributed by atoms with E-state index in [0.717, 1.165) is 16.7 Å². The first-order valence-corrected chi connectivity index (χ1v) is 10.9. The van der Waals surface area contributed by atoms with E-state index in [1.807, 2.05) is 45.9 Å². The Morgan fingerprint density at radius 3 is 2.38 bits per heavy atom. The van der Waals surface area contributed by atoms with Crippen LogP contribution < -0.4 is 19.6 Å². The summed E-state index contributed by atoms with van der Waals surface area (Å²) in [5, 5.41) is 3.99. The van der Waals surface area contributed by atoms with Crippen molar-refractivity contribution >= 4 is 18.1 Å². The lowest BCUT2D eigenvalue weighted by Gasteiger charge is -2.13. The molecule has 3 aromatic rings. The molecule has 3 aromatic carbocycles. The van der Waals surface area contributed by atoms with Gasteiger partial charge >= 0.3 is 5.97 Å². The Balaban J connectivity index is 1.61. The fourth-order valence-corrected chi connectivity index (χ4v) is 3.19. The van der Waals surface area contributed by atoms with E-state index in [2.05, 4.69) is 10.5 Å². The van der Waals surface area contributed by atoms with Crippen molar-refractivity contribution in [3.8, 4) is 17.2 Å². The van der Waals surface area contributed by atoms with Crippen molar-refractivity contribution in [2.24, 2.45) is 5.10 Å². The van der Waals surface area contributed by atoms with Gasteiger partial charge in [0.15, 0.2) is 18.1 Å². The van der Waals surface area contributed by atoms with Gasteiger partial charge < -0.3 is 14.2 Å². The zero-order chi connectivity index (χ0) is 24.5. The van der Waals surface area contributed by atoms with Crippen LogP contribution >= 0.6 is 0 Å². The van der Waals surface area contributed by atoms with Gasteiger partial charge in [0, 0.05) is 0 Å². The maximum atomic E-state index is 12.4. The maximum Gasteiger partial charge on any atom is 0.343 e. The molecule has 0 bridgehead atoms. The van der Waals surface area contributed by atoms with Crippen LogP contribution in [0.4, 0.5) is 0 Å². The molecule has 0 spiro atoms. The van der Waals surface area contributed by atoms with Gasteiger partial charge in [-0.3, -0.25) is 4.79 Å². The van der Waals surface area contributed by atoms with E-state index >= 15 is 0 Å². The van der Waals surface area contributed by atoms with Crippen LogP contribution in [0.15, 0.2) is 65.8 Å². The Kier molecular flexibility index (Phi) is 8.40. The van der Waals surface area contributed by atoms with Crippen molar-refractivity contribution in [3.05, 3.63) is 88.5 Å². The SMILES string of the molecule is CCOc1cc(C=NNC(=O)COc2c(C)ccc(C)c2C)ccc1OC(=O)c1ccccc1. The fraction of sp³-hybridized carbons (Fsp3) is 0.222. The summed E-state index contributed by atoms with van der Waals surface area (Å²) in [4.78, 5) is 24.5. The number of benzene rings is 3. The molecule has 7 nitrogen and oxygen atoms in total. The van der Waals surface area contributed by atoms with Crippen LogP contribution in [0.3, 0.4) is 0 Å². The van der Waals surface area contributed by atoms with Crippen LogP contribution in [0.2, 0.25) is 0 Å². The Morgan fingerprint density at radius 2 is 1.65 bits per heavy atom. The summed E-state index contributed by atoms with van der Waals surface area (Å²) in [7, 11) is 0. The molecule has 0 aliphatic carbocycles. The molecule has 0 atom stereocenters. The highest BCUT2D eigenvalue weighted by Gasteiger charge is 2.13. The molecule has 3 rings (SSSR count). The number of nitrogens with one attached hydrogen (secondary N) is 1. The highest BCUT2D eigenvalue weighted by molar-refractivity contribution is 5.91. The first kappa shape index (κ1) is 24.5. The minimum Gasteiger partial charge on any atom is -0.490 e. The van der Waals surface area contributed by atoms with Gasteiger partial charge in [-0.15, -0.1) is 0 Å². The molecule has 34 heavy (non-hydrogen) atoms. The number of esters is 1. The van der Waals surface area contributed by atoms with Gasteiger partial charge in [0.25, 0.3) is 5.91 Å². The fourth-order valence-electron chi connectivity index (χ4n) is 3.19. The topological polar surface area (TPSA) is 86.2 Å². The third kappa shape index (κ3) is 6.45. The van der Waals surface area contributed by atoms with Crippen molar-refractivity contribution in [1.82, 2.24) is 5.43 Å². The Hall–Kier alpha value is -4.13. The van der Waals surface area contributed by atoms with E-state index in [1.165, 1.54) is 6.21 Å². The van der Waals surface area contributed by atoms with E-state index in [4.69, 9.17) is 14.2 Å². The monoisotopic (exact) mass is 460 g/mol. The maximum absolute atomic E-state index is 12.4.